The van der Waals surface area contributed by atoms with Crippen LogP contribution in [0.25, 0.3) is 0 Å². The summed E-state index contributed by atoms with van der Waals surface area (Å²) in [7, 11) is 0. The number of carbonyl (C=O) groups excluding carboxylic acids is 2. The Balaban J connectivity index is 0.00000385. The number of ether oxygens (including phenoxy) is 1. The molecule has 33 heavy (non-hydrogen) atoms. The van der Waals surface area contributed by atoms with Gasteiger partial charge < -0.3 is 14.7 Å². The number of nitrogens with zero attached hydrogens (tertiary/aromatic N) is 1. The second-order valence-corrected chi connectivity index (χ2v) is 9.56. The number of esters is 1. The highest BCUT2D eigenvalue weighted by molar-refractivity contribution is 7.99. The molecule has 2 heterocycles. The minimum Gasteiger partial charge on any atom is -0.480 e. The zero-order valence-electron chi connectivity index (χ0n) is 18.3. The number of hydrogen-bond acceptors (Lipinski definition) is 7. The molecule has 0 bridgehead atoms. The number of rotatable bonds is 10. The summed E-state index contributed by atoms with van der Waals surface area (Å²) in [4.78, 5) is 38.6. The fraction of sp³-hybridized carbons (Fsp3) is 0.435. The van der Waals surface area contributed by atoms with Crippen molar-refractivity contribution in [2.45, 2.75) is 37.1 Å². The van der Waals surface area contributed by atoms with E-state index in [1.165, 1.54) is 4.90 Å². The smallest absolute Gasteiger partial charge is 0.323 e. The van der Waals surface area contributed by atoms with Gasteiger partial charge in [-0.1, -0.05) is 30.3 Å². The molecule has 0 aliphatic carbocycles. The lowest BCUT2D eigenvalue weighted by Crippen LogP contribution is -2.53. The molecule has 1 fully saturated rings. The molecule has 0 spiro atoms. The molecule has 0 radical (unpaired) electrons. The average molecular weight is 513 g/mol. The van der Waals surface area contributed by atoms with Crippen LogP contribution < -0.4 is 5.32 Å². The van der Waals surface area contributed by atoms with Crippen molar-refractivity contribution in [2.75, 3.05) is 25.4 Å². The Labute approximate surface area is 208 Å². The third-order valence-corrected chi connectivity index (χ3v) is 7.29. The van der Waals surface area contributed by atoms with E-state index in [-0.39, 0.29) is 36.7 Å². The van der Waals surface area contributed by atoms with E-state index in [0.29, 0.717) is 25.1 Å². The zero-order valence-corrected chi connectivity index (χ0v) is 20.8. The number of benzene rings is 1. The van der Waals surface area contributed by atoms with Crippen LogP contribution in [-0.2, 0) is 25.5 Å². The van der Waals surface area contributed by atoms with E-state index in [9.17, 15) is 19.5 Å². The Bertz CT molecular complexity index is 898. The van der Waals surface area contributed by atoms with Crippen molar-refractivity contribution < 1.29 is 24.2 Å². The highest BCUT2D eigenvalue weighted by atomic mass is 35.5. The molecule has 1 aliphatic rings. The second-order valence-electron chi connectivity index (χ2n) is 7.54. The number of thioether (sulfide) groups is 1. The van der Waals surface area contributed by atoms with E-state index in [1.54, 1.807) is 30.0 Å². The molecule has 7 nitrogen and oxygen atoms in total. The molecule has 3 atom stereocenters. The van der Waals surface area contributed by atoms with Crippen molar-refractivity contribution in [1.29, 1.82) is 0 Å². The largest absolute Gasteiger partial charge is 0.480 e. The minimum atomic E-state index is -1.06. The summed E-state index contributed by atoms with van der Waals surface area (Å²) in [5.41, 5.74) is 2.17. The van der Waals surface area contributed by atoms with Crippen molar-refractivity contribution in [1.82, 2.24) is 10.2 Å². The number of carbonyl (C=O) groups is 3. The standard InChI is InChI=1S/C23H28N2O5S2.ClH/c1-2-30-23(29)18(9-8-16-6-4-3-5-7-16)24-19-15-32-20(17-10-11-31-14-17)12-25(22(19)28)13-21(26)27;/h3-7,10-11,14,18-20,24H,2,8-9,12-13,15H2,1H3,(H,26,27);1H/t18-,19?,20?;/m0./s1. The van der Waals surface area contributed by atoms with Gasteiger partial charge in [0.1, 0.15) is 12.6 Å². The molecule has 2 aromatic rings. The van der Waals surface area contributed by atoms with Gasteiger partial charge in [0.25, 0.3) is 0 Å². The monoisotopic (exact) mass is 512 g/mol. The normalized spacial score (nSPS) is 19.3. The van der Waals surface area contributed by atoms with Gasteiger partial charge in [0.2, 0.25) is 5.91 Å². The van der Waals surface area contributed by atoms with Crippen molar-refractivity contribution in [3.8, 4) is 0 Å². The first kappa shape index (κ1) is 27.2. The maximum absolute atomic E-state index is 13.2. The van der Waals surface area contributed by atoms with Crippen LogP contribution in [0.2, 0.25) is 0 Å². The van der Waals surface area contributed by atoms with Crippen LogP contribution in [0.4, 0.5) is 0 Å². The van der Waals surface area contributed by atoms with Crippen LogP contribution in [-0.4, -0.2) is 65.4 Å². The number of carboxylic acid groups (broad SMARTS) is 1. The molecule has 2 unspecified atom stereocenters. The summed E-state index contributed by atoms with van der Waals surface area (Å²) in [6.07, 6.45) is 1.13. The zero-order chi connectivity index (χ0) is 22.9. The van der Waals surface area contributed by atoms with Gasteiger partial charge in [-0.25, -0.2) is 0 Å². The Hall–Kier alpha value is -2.07. The van der Waals surface area contributed by atoms with Crippen molar-refractivity contribution >= 4 is 53.4 Å². The number of thiophene rings is 1. The Morgan fingerprint density at radius 1 is 1.27 bits per heavy atom. The number of nitrogens with one attached hydrogen (secondary N) is 1. The highest BCUT2D eigenvalue weighted by Gasteiger charge is 2.35. The Morgan fingerprint density at radius 3 is 2.67 bits per heavy atom. The Morgan fingerprint density at radius 2 is 2.03 bits per heavy atom. The van der Waals surface area contributed by atoms with Crippen LogP contribution in [0.5, 0.6) is 0 Å². The van der Waals surface area contributed by atoms with Crippen molar-refractivity contribution in [3.63, 3.8) is 0 Å². The molecular formula is C23H29ClN2O5S2. The van der Waals surface area contributed by atoms with Crippen molar-refractivity contribution in [3.05, 3.63) is 58.3 Å². The van der Waals surface area contributed by atoms with E-state index in [2.05, 4.69) is 5.32 Å². The average Bonchev–Trinajstić information content (AvgIpc) is 3.27. The van der Waals surface area contributed by atoms with Gasteiger partial charge in [-0.3, -0.25) is 19.7 Å². The summed E-state index contributed by atoms with van der Waals surface area (Å²) in [5.74, 6) is -1.31. The first-order valence-electron chi connectivity index (χ1n) is 10.6. The lowest BCUT2D eigenvalue weighted by molar-refractivity contribution is -0.148. The molecular weight excluding hydrogens is 484 g/mol. The van der Waals surface area contributed by atoms with Gasteiger partial charge >= 0.3 is 11.9 Å². The van der Waals surface area contributed by atoms with Gasteiger partial charge in [0.15, 0.2) is 0 Å². The summed E-state index contributed by atoms with van der Waals surface area (Å²) in [6.45, 7) is 1.95. The number of aryl methyl sites for hydroxylation is 1. The maximum Gasteiger partial charge on any atom is 0.323 e. The van der Waals surface area contributed by atoms with Gasteiger partial charge in [-0.2, -0.15) is 11.3 Å². The van der Waals surface area contributed by atoms with E-state index >= 15 is 0 Å². The number of aliphatic carboxylic acids is 1. The Kier molecular flexibility index (Phi) is 11.2. The predicted molar refractivity (Wildman–Crippen MR) is 133 cm³/mol. The van der Waals surface area contributed by atoms with Crippen LogP contribution in [0, 0.1) is 0 Å². The van der Waals surface area contributed by atoms with E-state index in [1.807, 2.05) is 47.2 Å². The first-order chi connectivity index (χ1) is 15.5. The summed E-state index contributed by atoms with van der Waals surface area (Å²) in [6, 6.07) is 10.5. The van der Waals surface area contributed by atoms with Crippen LogP contribution in [0.15, 0.2) is 47.2 Å². The number of hydrogen-bond donors (Lipinski definition) is 2. The number of halogens is 1. The molecule has 1 saturated heterocycles. The maximum atomic E-state index is 13.2. The molecule has 2 N–H and O–H groups in total. The van der Waals surface area contributed by atoms with Gasteiger partial charge in [0.05, 0.1) is 12.6 Å². The fourth-order valence-corrected chi connectivity index (χ4v) is 5.73. The van der Waals surface area contributed by atoms with Crippen LogP contribution in [0.3, 0.4) is 0 Å². The molecule has 1 aromatic carbocycles. The summed E-state index contributed by atoms with van der Waals surface area (Å²) >= 11 is 3.17. The lowest BCUT2D eigenvalue weighted by Gasteiger charge is -2.26. The molecule has 1 aliphatic heterocycles. The quantitative estimate of drug-likeness (QED) is 0.471. The second kappa shape index (κ2) is 13.6. The molecule has 180 valence electrons. The third kappa shape index (κ3) is 8.03. The summed E-state index contributed by atoms with van der Waals surface area (Å²) in [5, 5.41) is 16.5. The molecule has 10 heteroatoms. The van der Waals surface area contributed by atoms with Gasteiger partial charge in [0, 0.05) is 17.5 Å². The van der Waals surface area contributed by atoms with E-state index < -0.39 is 24.0 Å². The SMILES string of the molecule is CCOC(=O)[C@H](CCc1ccccc1)NC1CSC(c2ccsc2)CN(CC(=O)O)C1=O.Cl. The number of amides is 1. The highest BCUT2D eigenvalue weighted by Crippen LogP contribution is 2.34. The third-order valence-electron chi connectivity index (χ3n) is 5.24. The molecule has 1 aromatic heterocycles. The first-order valence-corrected chi connectivity index (χ1v) is 12.6. The van der Waals surface area contributed by atoms with Gasteiger partial charge in [-0.15, -0.1) is 24.2 Å². The molecule has 3 rings (SSSR count). The predicted octanol–water partition coefficient (Wildman–Crippen LogP) is 3.39. The summed E-state index contributed by atoms with van der Waals surface area (Å²) < 4.78 is 5.25. The van der Waals surface area contributed by atoms with Gasteiger partial charge in [-0.05, 0) is 47.7 Å². The topological polar surface area (TPSA) is 95.9 Å². The van der Waals surface area contributed by atoms with E-state index in [0.717, 1.165) is 11.1 Å². The molecule has 1 amide bonds. The van der Waals surface area contributed by atoms with E-state index in [4.69, 9.17) is 4.74 Å². The number of carboxylic acids is 1. The fourth-order valence-electron chi connectivity index (χ4n) is 3.64. The van der Waals surface area contributed by atoms with Crippen LogP contribution >= 0.6 is 35.5 Å². The lowest BCUT2D eigenvalue weighted by atomic mass is 10.0. The minimum absolute atomic E-state index is 0. The van der Waals surface area contributed by atoms with Crippen LogP contribution in [0.1, 0.15) is 29.7 Å². The van der Waals surface area contributed by atoms with Crippen molar-refractivity contribution in [2.24, 2.45) is 0 Å². The molecule has 0 saturated carbocycles.